The topological polar surface area (TPSA) is 114 Å². The lowest BCUT2D eigenvalue weighted by molar-refractivity contribution is -0.113. The number of benzene rings is 3. The van der Waals surface area contributed by atoms with Crippen molar-refractivity contribution in [2.24, 2.45) is 4.99 Å². The van der Waals surface area contributed by atoms with E-state index in [9.17, 15) is 23.9 Å². The predicted octanol–water partition coefficient (Wildman–Crippen LogP) is 5.62. The number of rotatable bonds is 6. The van der Waals surface area contributed by atoms with Crippen LogP contribution in [0, 0.1) is 5.82 Å². The minimum Gasteiger partial charge on any atom is -0.478 e. The number of para-hydroxylation sites is 1. The lowest BCUT2D eigenvalue weighted by atomic mass is 9.95. The highest BCUT2D eigenvalue weighted by Crippen LogP contribution is 2.31. The number of carboxylic acids is 1. The van der Waals surface area contributed by atoms with Crippen LogP contribution in [-0.4, -0.2) is 21.6 Å². The lowest BCUT2D eigenvalue weighted by Crippen LogP contribution is -2.40. The van der Waals surface area contributed by atoms with Crippen LogP contribution in [0.15, 0.2) is 110 Å². The molecule has 0 spiro atoms. The van der Waals surface area contributed by atoms with Crippen molar-refractivity contribution in [1.29, 1.82) is 0 Å². The first kappa shape index (κ1) is 28.1. The first-order valence-corrected chi connectivity index (χ1v) is 14.2. The van der Waals surface area contributed by atoms with Gasteiger partial charge in [0.2, 0.25) is 0 Å². The summed E-state index contributed by atoms with van der Waals surface area (Å²) in [5, 5.41) is 12.2. The van der Waals surface area contributed by atoms with Gasteiger partial charge in [-0.25, -0.2) is 14.2 Å². The number of aromatic nitrogens is 1. The average molecular weight is 614 g/mol. The van der Waals surface area contributed by atoms with E-state index in [0.29, 0.717) is 43.4 Å². The van der Waals surface area contributed by atoms with Gasteiger partial charge in [0.15, 0.2) is 4.80 Å². The summed E-state index contributed by atoms with van der Waals surface area (Å²) < 4.78 is 21.6. The van der Waals surface area contributed by atoms with Gasteiger partial charge in [-0.15, -0.1) is 0 Å². The van der Waals surface area contributed by atoms with Crippen molar-refractivity contribution in [3.63, 3.8) is 0 Å². The number of aromatic carboxylic acids is 1. The van der Waals surface area contributed by atoms with Gasteiger partial charge in [-0.1, -0.05) is 59.3 Å². The van der Waals surface area contributed by atoms with Crippen LogP contribution in [-0.2, 0) is 4.79 Å². The zero-order valence-electron chi connectivity index (χ0n) is 22.4. The van der Waals surface area contributed by atoms with Crippen LogP contribution < -0.4 is 20.2 Å². The van der Waals surface area contributed by atoms with Crippen molar-refractivity contribution in [2.45, 2.75) is 13.0 Å². The molecule has 3 aromatic carbocycles. The second-order valence-corrected chi connectivity index (χ2v) is 11.1. The molecule has 11 heteroatoms. The Hall–Kier alpha value is -5.06. The summed E-state index contributed by atoms with van der Waals surface area (Å²) in [5.41, 5.74) is 1.95. The van der Waals surface area contributed by atoms with Crippen LogP contribution in [0.5, 0.6) is 0 Å². The highest BCUT2D eigenvalue weighted by molar-refractivity contribution is 7.07. The van der Waals surface area contributed by atoms with E-state index in [2.05, 4.69) is 10.3 Å². The number of halogens is 2. The molecule has 6 rings (SSSR count). The molecule has 0 aliphatic carbocycles. The molecule has 0 fully saturated rings. The zero-order chi connectivity index (χ0) is 30.2. The Morgan fingerprint density at radius 2 is 1.81 bits per heavy atom. The van der Waals surface area contributed by atoms with E-state index in [1.165, 1.54) is 28.8 Å². The molecule has 0 saturated carbocycles. The second-order valence-electron chi connectivity index (χ2n) is 9.66. The number of carbonyl (C=O) groups excluding carboxylic acids is 1. The van der Waals surface area contributed by atoms with Gasteiger partial charge < -0.3 is 14.8 Å². The molecule has 5 aromatic rings. The molecule has 3 heterocycles. The SMILES string of the molecule is CC1=C(C(=O)Nc2ccccc2)[C@H](c2ccc(F)cc2)n2c(s/c(=C\c3ccc(-c4ccc(C(=O)O)c(Cl)c4)o3)c2=O)=N1. The second kappa shape index (κ2) is 11.3. The molecule has 0 radical (unpaired) electrons. The number of hydrogen-bond donors (Lipinski definition) is 2. The van der Waals surface area contributed by atoms with Crippen LogP contribution >= 0.6 is 22.9 Å². The first-order valence-electron chi connectivity index (χ1n) is 13.0. The van der Waals surface area contributed by atoms with Crippen LogP contribution in [0.1, 0.15) is 34.6 Å². The Balaban J connectivity index is 1.42. The van der Waals surface area contributed by atoms with Crippen LogP contribution in [0.2, 0.25) is 5.02 Å². The standard InChI is InChI=1S/C32H21ClFN3O5S/c1-17-27(29(38)36-21-5-3-2-4-6-21)28(18-7-10-20(34)11-8-18)37-30(39)26(43-32(37)35-17)16-22-12-14-25(42-22)19-9-13-23(31(40)41)24(33)15-19/h2-16,28H,1H3,(H,36,38)(H,40,41)/b26-16-/t28-/m0/s1. The van der Waals surface area contributed by atoms with Gasteiger partial charge in [0.1, 0.15) is 17.3 Å². The third kappa shape index (κ3) is 5.45. The molecule has 0 saturated heterocycles. The van der Waals surface area contributed by atoms with Crippen LogP contribution in [0.25, 0.3) is 17.4 Å². The number of amides is 1. The summed E-state index contributed by atoms with van der Waals surface area (Å²) in [7, 11) is 0. The largest absolute Gasteiger partial charge is 0.478 e. The van der Waals surface area contributed by atoms with E-state index in [1.807, 2.05) is 6.07 Å². The van der Waals surface area contributed by atoms with Crippen molar-refractivity contribution in [3.05, 3.63) is 144 Å². The summed E-state index contributed by atoms with van der Waals surface area (Å²) in [6, 6.07) is 21.6. The van der Waals surface area contributed by atoms with Crippen molar-refractivity contribution in [3.8, 4) is 11.3 Å². The minimum atomic E-state index is -1.14. The minimum absolute atomic E-state index is 0.0267. The van der Waals surface area contributed by atoms with Gasteiger partial charge in [-0.2, -0.15) is 0 Å². The summed E-state index contributed by atoms with van der Waals surface area (Å²) >= 11 is 7.25. The van der Waals surface area contributed by atoms with Gasteiger partial charge in [-0.3, -0.25) is 14.2 Å². The Morgan fingerprint density at radius 3 is 2.51 bits per heavy atom. The third-order valence-electron chi connectivity index (χ3n) is 6.87. The third-order valence-corrected chi connectivity index (χ3v) is 8.16. The quantitative estimate of drug-likeness (QED) is 0.258. The van der Waals surface area contributed by atoms with Gasteiger partial charge in [0.25, 0.3) is 11.5 Å². The molecule has 1 amide bonds. The van der Waals surface area contributed by atoms with E-state index in [-0.39, 0.29) is 16.2 Å². The van der Waals surface area contributed by atoms with E-state index in [0.717, 1.165) is 11.3 Å². The molecule has 214 valence electrons. The Kier molecular flexibility index (Phi) is 7.39. The van der Waals surface area contributed by atoms with E-state index in [1.54, 1.807) is 67.6 Å². The maximum absolute atomic E-state index is 13.9. The molecular formula is C32H21ClFN3O5S. The van der Waals surface area contributed by atoms with E-state index >= 15 is 0 Å². The smallest absolute Gasteiger partial charge is 0.337 e. The van der Waals surface area contributed by atoms with Gasteiger partial charge in [0.05, 0.1) is 32.4 Å². The number of fused-ring (bicyclic) bond motifs is 1. The average Bonchev–Trinajstić information content (AvgIpc) is 3.57. The maximum Gasteiger partial charge on any atom is 0.337 e. The fourth-order valence-corrected chi connectivity index (χ4v) is 6.14. The molecule has 0 bridgehead atoms. The molecule has 43 heavy (non-hydrogen) atoms. The number of furan rings is 1. The summed E-state index contributed by atoms with van der Waals surface area (Å²) in [6.07, 6.45) is 1.57. The number of hydrogen-bond acceptors (Lipinski definition) is 6. The van der Waals surface area contributed by atoms with Crippen LogP contribution in [0.3, 0.4) is 0 Å². The fraction of sp³-hybridized carbons (Fsp3) is 0.0625. The van der Waals surface area contributed by atoms with E-state index < -0.39 is 29.3 Å². The van der Waals surface area contributed by atoms with Crippen molar-refractivity contribution in [2.75, 3.05) is 5.32 Å². The number of nitrogens with one attached hydrogen (secondary N) is 1. The molecule has 1 atom stereocenters. The Morgan fingerprint density at radius 1 is 1.07 bits per heavy atom. The number of nitrogens with zero attached hydrogens (tertiary/aromatic N) is 2. The maximum atomic E-state index is 13.9. The van der Waals surface area contributed by atoms with Crippen molar-refractivity contribution < 1.29 is 23.5 Å². The summed E-state index contributed by atoms with van der Waals surface area (Å²) in [5.74, 6) is -1.21. The molecule has 1 aliphatic heterocycles. The lowest BCUT2D eigenvalue weighted by Gasteiger charge is -2.25. The molecule has 2 N–H and O–H groups in total. The Labute approximate surface area is 252 Å². The van der Waals surface area contributed by atoms with Crippen molar-refractivity contribution >= 4 is 46.6 Å². The van der Waals surface area contributed by atoms with Gasteiger partial charge in [-0.05, 0) is 61.0 Å². The van der Waals surface area contributed by atoms with Gasteiger partial charge in [0, 0.05) is 17.3 Å². The molecule has 8 nitrogen and oxygen atoms in total. The normalized spacial score (nSPS) is 14.8. The summed E-state index contributed by atoms with van der Waals surface area (Å²) in [6.45, 7) is 1.70. The molecular weight excluding hydrogens is 593 g/mol. The number of allylic oxidation sites excluding steroid dienone is 1. The highest BCUT2D eigenvalue weighted by atomic mass is 35.5. The number of carbonyl (C=O) groups is 2. The zero-order valence-corrected chi connectivity index (χ0v) is 23.9. The van der Waals surface area contributed by atoms with Crippen molar-refractivity contribution in [1.82, 2.24) is 4.57 Å². The molecule has 0 unspecified atom stereocenters. The molecule has 2 aromatic heterocycles. The monoisotopic (exact) mass is 613 g/mol. The van der Waals surface area contributed by atoms with E-state index in [4.69, 9.17) is 16.0 Å². The van der Waals surface area contributed by atoms with Gasteiger partial charge >= 0.3 is 5.97 Å². The number of anilines is 1. The summed E-state index contributed by atoms with van der Waals surface area (Å²) in [4.78, 5) is 43.7. The Bertz CT molecular complexity index is 2110. The molecule has 1 aliphatic rings. The number of thiazole rings is 1. The highest BCUT2D eigenvalue weighted by Gasteiger charge is 2.32. The first-order chi connectivity index (χ1) is 20.7. The fourth-order valence-electron chi connectivity index (χ4n) is 4.85. The number of carboxylic acid groups (broad SMARTS) is 1. The van der Waals surface area contributed by atoms with Crippen LogP contribution in [0.4, 0.5) is 10.1 Å². The predicted molar refractivity (Wildman–Crippen MR) is 161 cm³/mol.